The zero-order valence-electron chi connectivity index (χ0n) is 14.0. The summed E-state index contributed by atoms with van der Waals surface area (Å²) in [5.74, 6) is 1.57. The smallest absolute Gasteiger partial charge is 0.202 e. The number of nitrogens with zero attached hydrogens (tertiary/aromatic N) is 2. The summed E-state index contributed by atoms with van der Waals surface area (Å²) >= 11 is 12.0. The Morgan fingerprint density at radius 2 is 1.96 bits per heavy atom. The maximum atomic E-state index is 12.6. The Labute approximate surface area is 155 Å². The van der Waals surface area contributed by atoms with E-state index in [0.717, 1.165) is 11.4 Å². The summed E-state index contributed by atoms with van der Waals surface area (Å²) in [4.78, 5) is 12.6. The molecule has 0 aliphatic carbocycles. The Bertz CT molecular complexity index is 944. The number of carbonyl (C=O) groups is 1. The van der Waals surface area contributed by atoms with Crippen molar-refractivity contribution >= 4 is 29.0 Å². The number of rotatable bonds is 5. The summed E-state index contributed by atoms with van der Waals surface area (Å²) in [6.07, 6.45) is 0. The first kappa shape index (κ1) is 17.6. The van der Waals surface area contributed by atoms with E-state index in [-0.39, 0.29) is 12.4 Å². The molecule has 0 saturated heterocycles. The average molecular weight is 379 g/mol. The minimum atomic E-state index is -0.157. The molecule has 0 aliphatic heterocycles. The third-order valence-corrected chi connectivity index (χ3v) is 4.38. The zero-order valence-corrected chi connectivity index (χ0v) is 15.5. The van der Waals surface area contributed by atoms with Gasteiger partial charge in [0.1, 0.15) is 11.5 Å². The summed E-state index contributed by atoms with van der Waals surface area (Å²) in [7, 11) is 0. The van der Waals surface area contributed by atoms with Gasteiger partial charge < -0.3 is 9.26 Å². The van der Waals surface area contributed by atoms with Gasteiger partial charge in [-0.2, -0.15) is 0 Å². The Hall–Kier alpha value is -2.24. The second-order valence-electron chi connectivity index (χ2n) is 5.70. The van der Waals surface area contributed by atoms with Gasteiger partial charge in [-0.3, -0.25) is 9.36 Å². The highest BCUT2D eigenvalue weighted by atomic mass is 35.5. The monoisotopic (exact) mass is 378 g/mol. The Morgan fingerprint density at radius 1 is 1.20 bits per heavy atom. The van der Waals surface area contributed by atoms with Crippen molar-refractivity contribution in [2.24, 2.45) is 0 Å². The lowest BCUT2D eigenvalue weighted by atomic mass is 10.1. The maximum absolute atomic E-state index is 12.6. The highest BCUT2D eigenvalue weighted by Gasteiger charge is 2.19. The molecule has 0 N–H and O–H groups in total. The molecule has 25 heavy (non-hydrogen) atoms. The predicted octanol–water partition coefficient (Wildman–Crippen LogP) is 4.96. The number of aryl methyl sites for hydroxylation is 2. The third kappa shape index (κ3) is 3.57. The summed E-state index contributed by atoms with van der Waals surface area (Å²) in [6.45, 7) is 5.45. The lowest BCUT2D eigenvalue weighted by molar-refractivity contribution is 0.0921. The van der Waals surface area contributed by atoms with E-state index in [2.05, 4.69) is 5.16 Å². The molecule has 0 atom stereocenters. The van der Waals surface area contributed by atoms with Crippen LogP contribution in [0.2, 0.25) is 10.0 Å². The van der Waals surface area contributed by atoms with Crippen LogP contribution >= 0.6 is 23.2 Å². The molecule has 0 unspecified atom stereocenters. The molecule has 0 amide bonds. The molecular formula is C18H16Cl2N2O3. The molecule has 2 aromatic heterocycles. The van der Waals surface area contributed by atoms with E-state index in [1.165, 1.54) is 0 Å². The number of ether oxygens (including phenoxy) is 1. The van der Waals surface area contributed by atoms with Crippen LogP contribution in [0.5, 0.6) is 5.75 Å². The van der Waals surface area contributed by atoms with Gasteiger partial charge in [0.2, 0.25) is 5.78 Å². The lowest BCUT2D eigenvalue weighted by Gasteiger charge is -2.08. The molecule has 1 aromatic carbocycles. The fraction of sp³-hybridized carbons (Fsp3) is 0.222. The predicted molar refractivity (Wildman–Crippen MR) is 96.3 cm³/mol. The minimum Gasteiger partial charge on any atom is -0.484 e. The molecule has 0 radical (unpaired) electrons. The summed E-state index contributed by atoms with van der Waals surface area (Å²) < 4.78 is 12.5. The van der Waals surface area contributed by atoms with E-state index in [1.807, 2.05) is 37.5 Å². The largest absolute Gasteiger partial charge is 0.484 e. The van der Waals surface area contributed by atoms with Crippen molar-refractivity contribution in [2.75, 3.05) is 6.61 Å². The van der Waals surface area contributed by atoms with E-state index in [0.29, 0.717) is 32.9 Å². The molecule has 0 aliphatic rings. The Morgan fingerprint density at radius 3 is 2.64 bits per heavy atom. The molecule has 3 rings (SSSR count). The van der Waals surface area contributed by atoms with Crippen LogP contribution in [0.3, 0.4) is 0 Å². The highest BCUT2D eigenvalue weighted by Crippen LogP contribution is 2.28. The molecule has 7 heteroatoms. The van der Waals surface area contributed by atoms with Gasteiger partial charge in [-0.05, 0) is 39.0 Å². The fourth-order valence-corrected chi connectivity index (χ4v) is 3.00. The summed E-state index contributed by atoms with van der Waals surface area (Å²) in [6, 6.07) is 8.49. The first-order chi connectivity index (χ1) is 11.9. The number of halogens is 2. The van der Waals surface area contributed by atoms with Gasteiger partial charge in [-0.25, -0.2) is 0 Å². The van der Waals surface area contributed by atoms with Gasteiger partial charge in [-0.15, -0.1) is 0 Å². The molecule has 0 saturated carbocycles. The van der Waals surface area contributed by atoms with Crippen LogP contribution in [0.25, 0.3) is 5.82 Å². The second-order valence-corrected chi connectivity index (χ2v) is 6.55. The number of carbonyl (C=O) groups excluding carboxylic acids is 1. The van der Waals surface area contributed by atoms with Gasteiger partial charge in [0.15, 0.2) is 12.4 Å². The zero-order chi connectivity index (χ0) is 18.1. The SMILES string of the molecule is Cc1cc(-n2c(C)cc(C(=O)COc3cc(Cl)ccc3Cl)c2C)no1. The molecule has 2 heterocycles. The molecule has 130 valence electrons. The van der Waals surface area contributed by atoms with Crippen LogP contribution in [-0.2, 0) is 0 Å². The molecule has 3 aromatic rings. The van der Waals surface area contributed by atoms with Gasteiger partial charge in [0, 0.05) is 34.1 Å². The van der Waals surface area contributed by atoms with Gasteiger partial charge in [-0.1, -0.05) is 28.4 Å². The standard InChI is InChI=1S/C18H16Cl2N2O3/c1-10-6-14(12(3)22(10)18-7-11(2)25-21-18)16(23)9-24-17-8-13(19)4-5-15(17)20/h4-8H,9H2,1-3H3. The minimum absolute atomic E-state index is 0.137. The van der Waals surface area contributed by atoms with E-state index in [9.17, 15) is 4.79 Å². The van der Waals surface area contributed by atoms with Crippen molar-refractivity contribution in [1.29, 1.82) is 0 Å². The normalized spacial score (nSPS) is 10.9. The van der Waals surface area contributed by atoms with Crippen LogP contribution in [0.15, 0.2) is 34.9 Å². The van der Waals surface area contributed by atoms with Gasteiger partial charge in [0.05, 0.1) is 5.02 Å². The Balaban J connectivity index is 1.82. The molecule has 0 fully saturated rings. The molecule has 5 nitrogen and oxygen atoms in total. The van der Waals surface area contributed by atoms with Crippen molar-refractivity contribution in [1.82, 2.24) is 9.72 Å². The van der Waals surface area contributed by atoms with Crippen LogP contribution < -0.4 is 4.74 Å². The van der Waals surface area contributed by atoms with Crippen LogP contribution in [0.4, 0.5) is 0 Å². The number of ketones is 1. The fourth-order valence-electron chi connectivity index (χ4n) is 2.67. The van der Waals surface area contributed by atoms with E-state index in [1.54, 1.807) is 18.2 Å². The molecule has 0 bridgehead atoms. The number of benzene rings is 1. The number of hydrogen-bond acceptors (Lipinski definition) is 4. The summed E-state index contributed by atoms with van der Waals surface area (Å²) in [5.41, 5.74) is 2.22. The first-order valence-electron chi connectivity index (χ1n) is 7.60. The average Bonchev–Trinajstić information content (AvgIpc) is 3.11. The van der Waals surface area contributed by atoms with Crippen LogP contribution in [0.1, 0.15) is 27.5 Å². The lowest BCUT2D eigenvalue weighted by Crippen LogP contribution is -2.13. The van der Waals surface area contributed by atoms with E-state index >= 15 is 0 Å². The second kappa shape index (κ2) is 6.94. The van der Waals surface area contributed by atoms with Crippen LogP contribution in [0, 0.1) is 20.8 Å². The van der Waals surface area contributed by atoms with Crippen molar-refractivity contribution in [3.05, 3.63) is 63.1 Å². The van der Waals surface area contributed by atoms with E-state index in [4.69, 9.17) is 32.5 Å². The quantitative estimate of drug-likeness (QED) is 0.588. The van der Waals surface area contributed by atoms with Gasteiger partial charge >= 0.3 is 0 Å². The van der Waals surface area contributed by atoms with E-state index < -0.39 is 0 Å². The highest BCUT2D eigenvalue weighted by molar-refractivity contribution is 6.34. The van der Waals surface area contributed by atoms with Crippen molar-refractivity contribution < 1.29 is 14.1 Å². The topological polar surface area (TPSA) is 57.3 Å². The van der Waals surface area contributed by atoms with Crippen molar-refractivity contribution in [3.8, 4) is 11.6 Å². The number of Topliss-reactive ketones (excluding diaryl/α,β-unsaturated/α-hetero) is 1. The Kier molecular flexibility index (Phi) is 4.88. The van der Waals surface area contributed by atoms with Gasteiger partial charge in [0.25, 0.3) is 0 Å². The van der Waals surface area contributed by atoms with Crippen molar-refractivity contribution in [2.45, 2.75) is 20.8 Å². The number of aromatic nitrogens is 2. The van der Waals surface area contributed by atoms with Crippen LogP contribution in [-0.4, -0.2) is 22.1 Å². The van der Waals surface area contributed by atoms with Crippen molar-refractivity contribution in [3.63, 3.8) is 0 Å². The summed E-state index contributed by atoms with van der Waals surface area (Å²) in [5, 5.41) is 4.90. The third-order valence-electron chi connectivity index (χ3n) is 3.83. The number of hydrogen-bond donors (Lipinski definition) is 0. The molecule has 0 spiro atoms. The first-order valence-corrected chi connectivity index (χ1v) is 8.36. The molecular weight excluding hydrogens is 363 g/mol. The maximum Gasteiger partial charge on any atom is 0.202 e.